The van der Waals surface area contributed by atoms with Gasteiger partial charge >= 0.3 is 0 Å². The SMILES string of the molecule is CC1=C(C(=O)Nc2ccc(C)cc2C)C(c2ccc(O)cc2)n2nc(C)nc2N1. The minimum absolute atomic E-state index is 0.166. The molecule has 0 fully saturated rings. The van der Waals surface area contributed by atoms with E-state index in [0.29, 0.717) is 23.0 Å². The van der Waals surface area contributed by atoms with Crippen molar-refractivity contribution in [3.63, 3.8) is 0 Å². The van der Waals surface area contributed by atoms with Gasteiger partial charge in [0.25, 0.3) is 5.91 Å². The molecule has 1 amide bonds. The molecule has 7 heteroatoms. The van der Waals surface area contributed by atoms with E-state index in [4.69, 9.17) is 0 Å². The number of aromatic nitrogens is 3. The van der Waals surface area contributed by atoms with Crippen molar-refractivity contribution in [1.29, 1.82) is 0 Å². The van der Waals surface area contributed by atoms with Gasteiger partial charge in [-0.2, -0.15) is 10.1 Å². The summed E-state index contributed by atoms with van der Waals surface area (Å²) in [6, 6.07) is 12.3. The number of allylic oxidation sites excluding steroid dienone is 1. The van der Waals surface area contributed by atoms with Gasteiger partial charge in [0.1, 0.15) is 17.6 Å². The molecule has 1 atom stereocenters. The van der Waals surface area contributed by atoms with Crippen molar-refractivity contribution in [1.82, 2.24) is 14.8 Å². The second-order valence-corrected chi connectivity index (χ2v) is 7.36. The van der Waals surface area contributed by atoms with Crippen LogP contribution in [0.2, 0.25) is 0 Å². The summed E-state index contributed by atoms with van der Waals surface area (Å²) in [4.78, 5) is 17.8. The Kier molecular flexibility index (Phi) is 4.58. The average molecular weight is 389 g/mol. The van der Waals surface area contributed by atoms with Gasteiger partial charge in [0.05, 0.1) is 5.57 Å². The van der Waals surface area contributed by atoms with Gasteiger partial charge < -0.3 is 15.7 Å². The lowest BCUT2D eigenvalue weighted by Crippen LogP contribution is -2.31. The minimum Gasteiger partial charge on any atom is -0.508 e. The molecule has 0 saturated carbocycles. The molecule has 0 radical (unpaired) electrons. The monoisotopic (exact) mass is 389 g/mol. The Labute approximate surface area is 169 Å². The smallest absolute Gasteiger partial charge is 0.255 e. The second-order valence-electron chi connectivity index (χ2n) is 7.36. The lowest BCUT2D eigenvalue weighted by molar-refractivity contribution is -0.113. The summed E-state index contributed by atoms with van der Waals surface area (Å²) in [5.74, 6) is 1.15. The fraction of sp³-hybridized carbons (Fsp3) is 0.227. The van der Waals surface area contributed by atoms with Crippen LogP contribution in [-0.2, 0) is 4.79 Å². The van der Waals surface area contributed by atoms with Gasteiger partial charge in [-0.25, -0.2) is 4.68 Å². The van der Waals surface area contributed by atoms with Crippen LogP contribution in [-0.4, -0.2) is 25.8 Å². The van der Waals surface area contributed by atoms with Crippen molar-refractivity contribution in [3.05, 3.63) is 76.2 Å². The maximum Gasteiger partial charge on any atom is 0.255 e. The maximum absolute atomic E-state index is 13.4. The Morgan fingerprint density at radius 3 is 2.52 bits per heavy atom. The molecule has 1 aromatic heterocycles. The Morgan fingerprint density at radius 1 is 1.10 bits per heavy atom. The van der Waals surface area contributed by atoms with Crippen molar-refractivity contribution in [3.8, 4) is 5.75 Å². The zero-order valence-corrected chi connectivity index (χ0v) is 16.8. The van der Waals surface area contributed by atoms with Crippen molar-refractivity contribution >= 4 is 17.5 Å². The van der Waals surface area contributed by atoms with Gasteiger partial charge in [-0.1, -0.05) is 29.8 Å². The molecule has 1 unspecified atom stereocenters. The predicted octanol–water partition coefficient (Wildman–Crippen LogP) is 3.84. The van der Waals surface area contributed by atoms with E-state index in [9.17, 15) is 9.90 Å². The summed E-state index contributed by atoms with van der Waals surface area (Å²) < 4.78 is 1.71. The Balaban J connectivity index is 1.78. The molecule has 0 bridgehead atoms. The number of hydrogen-bond donors (Lipinski definition) is 3. The number of carbonyl (C=O) groups is 1. The highest BCUT2D eigenvalue weighted by Crippen LogP contribution is 2.36. The highest BCUT2D eigenvalue weighted by molar-refractivity contribution is 6.06. The van der Waals surface area contributed by atoms with Crippen LogP contribution < -0.4 is 10.6 Å². The Hall–Kier alpha value is -3.61. The number of anilines is 2. The summed E-state index contributed by atoms with van der Waals surface area (Å²) in [6.07, 6.45) is 0. The lowest BCUT2D eigenvalue weighted by atomic mass is 9.95. The van der Waals surface area contributed by atoms with E-state index in [1.807, 2.05) is 45.9 Å². The molecular formula is C22H23N5O2. The number of phenols is 1. The van der Waals surface area contributed by atoms with Gasteiger partial charge in [0.15, 0.2) is 0 Å². The first-order valence-corrected chi connectivity index (χ1v) is 9.42. The zero-order chi connectivity index (χ0) is 20.7. The molecule has 1 aliphatic rings. The molecular weight excluding hydrogens is 366 g/mol. The number of aryl methyl sites for hydroxylation is 3. The first kappa shape index (κ1) is 18.7. The van der Waals surface area contributed by atoms with Crippen LogP contribution in [0.15, 0.2) is 53.7 Å². The van der Waals surface area contributed by atoms with E-state index in [-0.39, 0.29) is 11.7 Å². The Bertz CT molecular complexity index is 1130. The molecule has 0 spiro atoms. The van der Waals surface area contributed by atoms with Crippen LogP contribution >= 0.6 is 0 Å². The minimum atomic E-state index is -0.459. The molecule has 2 heterocycles. The number of fused-ring (bicyclic) bond motifs is 1. The summed E-state index contributed by atoms with van der Waals surface area (Å²) >= 11 is 0. The number of hydrogen-bond acceptors (Lipinski definition) is 5. The van der Waals surface area contributed by atoms with Gasteiger partial charge in [0.2, 0.25) is 5.95 Å². The van der Waals surface area contributed by atoms with Crippen LogP contribution in [0, 0.1) is 20.8 Å². The number of rotatable bonds is 3. The topological polar surface area (TPSA) is 92.1 Å². The molecule has 0 saturated heterocycles. The molecule has 4 rings (SSSR count). The van der Waals surface area contributed by atoms with Crippen LogP contribution in [0.3, 0.4) is 0 Å². The quantitative estimate of drug-likeness (QED) is 0.633. The van der Waals surface area contributed by atoms with E-state index in [1.165, 1.54) is 0 Å². The number of carbonyl (C=O) groups excluding carboxylic acids is 1. The zero-order valence-electron chi connectivity index (χ0n) is 16.8. The average Bonchev–Trinajstić information content (AvgIpc) is 3.03. The fourth-order valence-corrected chi connectivity index (χ4v) is 3.66. The number of aromatic hydroxyl groups is 1. The second kappa shape index (κ2) is 7.09. The highest BCUT2D eigenvalue weighted by atomic mass is 16.3. The predicted molar refractivity (Wildman–Crippen MR) is 112 cm³/mol. The van der Waals surface area contributed by atoms with Crippen molar-refractivity contribution in [2.75, 3.05) is 10.6 Å². The molecule has 3 aromatic rings. The molecule has 3 N–H and O–H groups in total. The normalized spacial score (nSPS) is 15.7. The standard InChI is InChI=1S/C22H23N5O2/c1-12-5-10-18(13(2)11-12)25-21(29)19-14(3)23-22-24-15(4)26-27(22)20(19)16-6-8-17(28)9-7-16/h5-11,20,28H,1-4H3,(H,25,29)(H,23,24,26). The van der Waals surface area contributed by atoms with Crippen LogP contribution in [0.1, 0.15) is 35.5 Å². The molecule has 7 nitrogen and oxygen atoms in total. The number of benzene rings is 2. The molecule has 2 aromatic carbocycles. The summed E-state index contributed by atoms with van der Waals surface area (Å²) in [5.41, 5.74) is 5.00. The van der Waals surface area contributed by atoms with Crippen LogP contribution in [0.5, 0.6) is 5.75 Å². The summed E-state index contributed by atoms with van der Waals surface area (Å²) in [7, 11) is 0. The van der Waals surface area contributed by atoms with Crippen LogP contribution in [0.25, 0.3) is 0 Å². The van der Waals surface area contributed by atoms with Gasteiger partial charge in [-0.15, -0.1) is 0 Å². The van der Waals surface area contributed by atoms with Gasteiger partial charge in [-0.05, 0) is 57.0 Å². The van der Waals surface area contributed by atoms with E-state index in [2.05, 4.69) is 20.7 Å². The molecule has 148 valence electrons. The molecule has 1 aliphatic heterocycles. The molecule has 0 aliphatic carbocycles. The third-order valence-electron chi connectivity index (χ3n) is 5.04. The summed E-state index contributed by atoms with van der Waals surface area (Å²) in [6.45, 7) is 7.66. The number of nitrogens with one attached hydrogen (secondary N) is 2. The lowest BCUT2D eigenvalue weighted by Gasteiger charge is -2.29. The highest BCUT2D eigenvalue weighted by Gasteiger charge is 2.34. The number of nitrogens with zero attached hydrogens (tertiary/aromatic N) is 3. The largest absolute Gasteiger partial charge is 0.508 e. The number of phenolic OH excluding ortho intramolecular Hbond substituents is 1. The van der Waals surface area contributed by atoms with Crippen molar-refractivity contribution < 1.29 is 9.90 Å². The van der Waals surface area contributed by atoms with Crippen molar-refractivity contribution in [2.45, 2.75) is 33.7 Å². The van der Waals surface area contributed by atoms with E-state index in [1.54, 1.807) is 28.9 Å². The number of amides is 1. The fourth-order valence-electron chi connectivity index (χ4n) is 3.66. The van der Waals surface area contributed by atoms with E-state index >= 15 is 0 Å². The maximum atomic E-state index is 13.4. The summed E-state index contributed by atoms with van der Waals surface area (Å²) in [5, 5.41) is 20.4. The first-order chi connectivity index (χ1) is 13.8. The molecule has 29 heavy (non-hydrogen) atoms. The van der Waals surface area contributed by atoms with Crippen LogP contribution in [0.4, 0.5) is 11.6 Å². The van der Waals surface area contributed by atoms with E-state index < -0.39 is 6.04 Å². The van der Waals surface area contributed by atoms with Crippen molar-refractivity contribution in [2.24, 2.45) is 0 Å². The third kappa shape index (κ3) is 3.47. The third-order valence-corrected chi connectivity index (χ3v) is 5.04. The van der Waals surface area contributed by atoms with Gasteiger partial charge in [-0.3, -0.25) is 4.79 Å². The first-order valence-electron chi connectivity index (χ1n) is 9.42. The van der Waals surface area contributed by atoms with Gasteiger partial charge in [0, 0.05) is 11.4 Å². The Morgan fingerprint density at radius 2 is 1.83 bits per heavy atom. The van der Waals surface area contributed by atoms with E-state index in [0.717, 1.165) is 22.4 Å².